The first-order chi connectivity index (χ1) is 8.28. The second kappa shape index (κ2) is 4.19. The Morgan fingerprint density at radius 1 is 1.00 bits per heavy atom. The summed E-state index contributed by atoms with van der Waals surface area (Å²) in [6.07, 6.45) is 2.29. The zero-order chi connectivity index (χ0) is 11.8. The Morgan fingerprint density at radius 3 is 2.47 bits per heavy atom. The third-order valence-corrected chi connectivity index (χ3v) is 3.53. The van der Waals surface area contributed by atoms with Gasteiger partial charge in [-0.3, -0.25) is 0 Å². The van der Waals surface area contributed by atoms with Crippen molar-refractivity contribution in [3.05, 3.63) is 46.4 Å². The molecule has 86 valence electrons. The standard InChI is InChI=1S/C15H13BrO/c1-2-3-10-4-6-14-12(8-10)13-9-11(16)5-7-15(13)17-14/h4-9H,2-3H2,1H3. The topological polar surface area (TPSA) is 13.1 Å². The molecule has 0 aliphatic carbocycles. The number of rotatable bonds is 2. The first-order valence-electron chi connectivity index (χ1n) is 5.88. The maximum Gasteiger partial charge on any atom is 0.135 e. The van der Waals surface area contributed by atoms with Gasteiger partial charge in [0.2, 0.25) is 0 Å². The molecule has 0 N–H and O–H groups in total. The van der Waals surface area contributed by atoms with Crippen molar-refractivity contribution < 1.29 is 4.42 Å². The van der Waals surface area contributed by atoms with Crippen LogP contribution >= 0.6 is 15.9 Å². The van der Waals surface area contributed by atoms with Gasteiger partial charge in [0.15, 0.2) is 0 Å². The molecule has 0 fully saturated rings. The summed E-state index contributed by atoms with van der Waals surface area (Å²) in [6, 6.07) is 12.6. The third kappa shape index (κ3) is 1.87. The third-order valence-electron chi connectivity index (χ3n) is 3.03. The van der Waals surface area contributed by atoms with Crippen LogP contribution in [0, 0.1) is 0 Å². The van der Waals surface area contributed by atoms with Crippen molar-refractivity contribution in [2.75, 3.05) is 0 Å². The van der Waals surface area contributed by atoms with E-state index in [0.29, 0.717) is 0 Å². The molecule has 0 unspecified atom stereocenters. The first kappa shape index (κ1) is 10.8. The smallest absolute Gasteiger partial charge is 0.135 e. The average molecular weight is 289 g/mol. The molecule has 0 aliphatic rings. The zero-order valence-corrected chi connectivity index (χ0v) is 11.3. The Labute approximate surface area is 109 Å². The second-order valence-electron chi connectivity index (χ2n) is 4.32. The summed E-state index contributed by atoms with van der Waals surface area (Å²) in [5.74, 6) is 0. The molecule has 1 nitrogen and oxygen atoms in total. The highest BCUT2D eigenvalue weighted by molar-refractivity contribution is 9.10. The molecule has 3 rings (SSSR count). The van der Waals surface area contributed by atoms with Crippen LogP contribution in [0.1, 0.15) is 18.9 Å². The predicted molar refractivity (Wildman–Crippen MR) is 75.4 cm³/mol. The Hall–Kier alpha value is -1.28. The second-order valence-corrected chi connectivity index (χ2v) is 5.24. The van der Waals surface area contributed by atoms with E-state index in [1.54, 1.807) is 0 Å². The van der Waals surface area contributed by atoms with Crippen molar-refractivity contribution in [1.29, 1.82) is 0 Å². The van der Waals surface area contributed by atoms with Crippen molar-refractivity contribution >= 4 is 37.9 Å². The fourth-order valence-corrected chi connectivity index (χ4v) is 2.60. The van der Waals surface area contributed by atoms with Gasteiger partial charge in [0.05, 0.1) is 0 Å². The van der Waals surface area contributed by atoms with Crippen LogP contribution in [0.3, 0.4) is 0 Å². The highest BCUT2D eigenvalue weighted by Crippen LogP contribution is 2.31. The zero-order valence-electron chi connectivity index (χ0n) is 9.66. The van der Waals surface area contributed by atoms with Crippen LogP contribution in [0.5, 0.6) is 0 Å². The fourth-order valence-electron chi connectivity index (χ4n) is 2.24. The lowest BCUT2D eigenvalue weighted by Gasteiger charge is -1.97. The number of aryl methyl sites for hydroxylation is 1. The number of hydrogen-bond acceptors (Lipinski definition) is 1. The lowest BCUT2D eigenvalue weighted by Crippen LogP contribution is -1.81. The van der Waals surface area contributed by atoms with Gasteiger partial charge >= 0.3 is 0 Å². The Kier molecular flexibility index (Phi) is 2.67. The highest BCUT2D eigenvalue weighted by Gasteiger charge is 2.07. The Balaban J connectivity index is 2.31. The van der Waals surface area contributed by atoms with E-state index < -0.39 is 0 Å². The molecule has 0 aliphatic heterocycles. The van der Waals surface area contributed by atoms with Gasteiger partial charge in [0.25, 0.3) is 0 Å². The van der Waals surface area contributed by atoms with Crippen LogP contribution in [-0.4, -0.2) is 0 Å². The van der Waals surface area contributed by atoms with Crippen LogP contribution in [0.2, 0.25) is 0 Å². The van der Waals surface area contributed by atoms with Gasteiger partial charge in [0, 0.05) is 15.2 Å². The van der Waals surface area contributed by atoms with E-state index in [0.717, 1.165) is 22.1 Å². The minimum absolute atomic E-state index is 0.955. The van der Waals surface area contributed by atoms with Crippen molar-refractivity contribution in [2.45, 2.75) is 19.8 Å². The lowest BCUT2D eigenvalue weighted by atomic mass is 10.1. The van der Waals surface area contributed by atoms with Crippen LogP contribution < -0.4 is 0 Å². The van der Waals surface area contributed by atoms with Crippen LogP contribution in [0.15, 0.2) is 45.3 Å². The number of furan rings is 1. The molecule has 0 saturated carbocycles. The molecule has 1 heterocycles. The van der Waals surface area contributed by atoms with Crippen LogP contribution in [-0.2, 0) is 6.42 Å². The van der Waals surface area contributed by atoms with Crippen molar-refractivity contribution in [2.24, 2.45) is 0 Å². The van der Waals surface area contributed by atoms with Gasteiger partial charge in [0.1, 0.15) is 11.2 Å². The van der Waals surface area contributed by atoms with Gasteiger partial charge in [-0.15, -0.1) is 0 Å². The van der Waals surface area contributed by atoms with Gasteiger partial charge in [-0.25, -0.2) is 0 Å². The van der Waals surface area contributed by atoms with Crippen molar-refractivity contribution in [3.8, 4) is 0 Å². The molecule has 0 radical (unpaired) electrons. The SMILES string of the molecule is CCCc1ccc2oc3ccc(Br)cc3c2c1. The molecule has 0 atom stereocenters. The van der Waals surface area contributed by atoms with E-state index in [2.05, 4.69) is 47.1 Å². The molecular formula is C15H13BrO. The lowest BCUT2D eigenvalue weighted by molar-refractivity contribution is 0.668. The number of benzene rings is 2. The highest BCUT2D eigenvalue weighted by atomic mass is 79.9. The quantitative estimate of drug-likeness (QED) is 0.624. The molecule has 17 heavy (non-hydrogen) atoms. The van der Waals surface area contributed by atoms with Gasteiger partial charge in [-0.05, 0) is 42.3 Å². The summed E-state index contributed by atoms with van der Waals surface area (Å²) in [5, 5.41) is 2.40. The summed E-state index contributed by atoms with van der Waals surface area (Å²) in [5.41, 5.74) is 3.30. The molecule has 0 spiro atoms. The number of fused-ring (bicyclic) bond motifs is 3. The van der Waals surface area contributed by atoms with Crippen LogP contribution in [0.25, 0.3) is 21.9 Å². The van der Waals surface area contributed by atoms with E-state index in [9.17, 15) is 0 Å². The molecule has 0 amide bonds. The molecule has 0 bridgehead atoms. The normalized spacial score (nSPS) is 11.4. The summed E-state index contributed by atoms with van der Waals surface area (Å²) < 4.78 is 6.91. The summed E-state index contributed by atoms with van der Waals surface area (Å²) in [6.45, 7) is 2.20. The molecule has 0 saturated heterocycles. The van der Waals surface area contributed by atoms with Crippen molar-refractivity contribution in [3.63, 3.8) is 0 Å². The Bertz CT molecular complexity index is 682. The maximum atomic E-state index is 5.82. The molecule has 2 aromatic carbocycles. The largest absolute Gasteiger partial charge is 0.456 e. The minimum Gasteiger partial charge on any atom is -0.456 e. The van der Waals surface area contributed by atoms with Gasteiger partial charge < -0.3 is 4.42 Å². The summed E-state index contributed by atoms with van der Waals surface area (Å²) in [4.78, 5) is 0. The first-order valence-corrected chi connectivity index (χ1v) is 6.68. The maximum absolute atomic E-state index is 5.82. The van der Waals surface area contributed by atoms with Gasteiger partial charge in [-0.2, -0.15) is 0 Å². The minimum atomic E-state index is 0.955. The summed E-state index contributed by atoms with van der Waals surface area (Å²) >= 11 is 3.51. The van der Waals surface area contributed by atoms with E-state index in [1.165, 1.54) is 22.8 Å². The predicted octanol–water partition coefficient (Wildman–Crippen LogP) is 5.30. The van der Waals surface area contributed by atoms with E-state index in [-0.39, 0.29) is 0 Å². The van der Waals surface area contributed by atoms with E-state index >= 15 is 0 Å². The molecule has 1 aromatic heterocycles. The molecule has 3 aromatic rings. The molecule has 2 heteroatoms. The monoisotopic (exact) mass is 288 g/mol. The van der Waals surface area contributed by atoms with Crippen LogP contribution in [0.4, 0.5) is 0 Å². The fraction of sp³-hybridized carbons (Fsp3) is 0.200. The number of halogens is 1. The average Bonchev–Trinajstić information content (AvgIpc) is 2.67. The van der Waals surface area contributed by atoms with E-state index in [4.69, 9.17) is 4.42 Å². The number of hydrogen-bond donors (Lipinski definition) is 0. The van der Waals surface area contributed by atoms with Crippen molar-refractivity contribution in [1.82, 2.24) is 0 Å². The summed E-state index contributed by atoms with van der Waals surface area (Å²) in [7, 11) is 0. The Morgan fingerprint density at radius 2 is 1.71 bits per heavy atom. The van der Waals surface area contributed by atoms with E-state index in [1.807, 2.05) is 12.1 Å². The molecular weight excluding hydrogens is 276 g/mol. The van der Waals surface area contributed by atoms with Gasteiger partial charge in [-0.1, -0.05) is 35.3 Å².